The molecule has 1 aromatic carbocycles. The van der Waals surface area contributed by atoms with Crippen molar-refractivity contribution in [3.8, 4) is 0 Å². The molecule has 1 atom stereocenters. The van der Waals surface area contributed by atoms with Crippen molar-refractivity contribution < 1.29 is 14.2 Å². The Morgan fingerprint density at radius 2 is 2.12 bits per heavy atom. The van der Waals surface area contributed by atoms with Gasteiger partial charge in [-0.25, -0.2) is 4.39 Å². The van der Waals surface area contributed by atoms with Crippen LogP contribution in [0.1, 0.15) is 25.3 Å². The Kier molecular flexibility index (Phi) is 6.70. The molecule has 4 heteroatoms. The fourth-order valence-corrected chi connectivity index (χ4v) is 2.08. The van der Waals surface area contributed by atoms with Gasteiger partial charge in [-0.3, -0.25) is 0 Å². The van der Waals surface area contributed by atoms with E-state index in [2.05, 4.69) is 15.9 Å². The maximum absolute atomic E-state index is 13.1. The van der Waals surface area contributed by atoms with Crippen LogP contribution in [0.2, 0.25) is 0 Å². The Bertz CT molecular complexity index is 324. The van der Waals surface area contributed by atoms with Gasteiger partial charge < -0.3 is 9.84 Å². The average Bonchev–Trinajstić information content (AvgIpc) is 2.23. The summed E-state index contributed by atoms with van der Waals surface area (Å²) >= 11 is 3.23. The van der Waals surface area contributed by atoms with E-state index >= 15 is 0 Å². The summed E-state index contributed by atoms with van der Waals surface area (Å²) in [5, 5.41) is 9.77. The molecule has 2 nitrogen and oxygen atoms in total. The van der Waals surface area contributed by atoms with Crippen molar-refractivity contribution in [1.82, 2.24) is 0 Å². The predicted octanol–water partition coefficient (Wildman–Crippen LogP) is 3.31. The monoisotopic (exact) mass is 304 g/mol. The summed E-state index contributed by atoms with van der Waals surface area (Å²) in [6, 6.07) is 4.67. The van der Waals surface area contributed by atoms with Crippen LogP contribution in [-0.2, 0) is 11.2 Å². The van der Waals surface area contributed by atoms with Gasteiger partial charge in [0.1, 0.15) is 5.82 Å². The van der Waals surface area contributed by atoms with Crippen LogP contribution < -0.4 is 0 Å². The Labute approximate surface area is 110 Å². The number of ether oxygens (including phenoxy) is 1. The van der Waals surface area contributed by atoms with Crippen molar-refractivity contribution in [3.05, 3.63) is 34.1 Å². The number of hydrogen-bond donors (Lipinski definition) is 1. The van der Waals surface area contributed by atoms with Crippen LogP contribution in [0.25, 0.3) is 0 Å². The summed E-state index contributed by atoms with van der Waals surface area (Å²) in [6.07, 6.45) is 1.52. The molecule has 1 unspecified atom stereocenters. The van der Waals surface area contributed by atoms with Crippen LogP contribution in [0.5, 0.6) is 0 Å². The molecule has 0 aliphatic heterocycles. The molecule has 1 aromatic rings. The highest BCUT2D eigenvalue weighted by Crippen LogP contribution is 2.16. The SMILES string of the molecule is CCCOCCC(O)Cc1cc(F)cc(Br)c1. The van der Waals surface area contributed by atoms with E-state index in [0.29, 0.717) is 23.9 Å². The summed E-state index contributed by atoms with van der Waals surface area (Å²) in [6.45, 7) is 3.31. The Balaban J connectivity index is 2.36. The maximum Gasteiger partial charge on any atom is 0.124 e. The summed E-state index contributed by atoms with van der Waals surface area (Å²) < 4.78 is 19.1. The fourth-order valence-electron chi connectivity index (χ4n) is 1.57. The van der Waals surface area contributed by atoms with Crippen LogP contribution in [0, 0.1) is 5.82 Å². The Hall–Kier alpha value is -0.450. The maximum atomic E-state index is 13.1. The molecule has 0 aliphatic rings. The highest BCUT2D eigenvalue weighted by molar-refractivity contribution is 9.10. The minimum Gasteiger partial charge on any atom is -0.393 e. The van der Waals surface area contributed by atoms with E-state index in [1.807, 2.05) is 13.0 Å². The third kappa shape index (κ3) is 6.15. The lowest BCUT2D eigenvalue weighted by atomic mass is 10.1. The fraction of sp³-hybridized carbons (Fsp3) is 0.538. The molecule has 0 radical (unpaired) electrons. The topological polar surface area (TPSA) is 29.5 Å². The molecule has 0 heterocycles. The smallest absolute Gasteiger partial charge is 0.124 e. The summed E-state index contributed by atoms with van der Waals surface area (Å²) in [5.41, 5.74) is 0.792. The lowest BCUT2D eigenvalue weighted by Gasteiger charge is -2.11. The van der Waals surface area contributed by atoms with Crippen LogP contribution in [-0.4, -0.2) is 24.4 Å². The molecule has 0 aliphatic carbocycles. The first kappa shape index (κ1) is 14.6. The molecular formula is C13H18BrFO2. The van der Waals surface area contributed by atoms with Gasteiger partial charge in [-0.2, -0.15) is 0 Å². The van der Waals surface area contributed by atoms with Gasteiger partial charge in [0.2, 0.25) is 0 Å². The third-order valence-electron chi connectivity index (χ3n) is 2.34. The van der Waals surface area contributed by atoms with E-state index < -0.39 is 6.10 Å². The van der Waals surface area contributed by atoms with Gasteiger partial charge >= 0.3 is 0 Å². The van der Waals surface area contributed by atoms with Crippen molar-refractivity contribution >= 4 is 15.9 Å². The van der Waals surface area contributed by atoms with Crippen LogP contribution in [0.15, 0.2) is 22.7 Å². The van der Waals surface area contributed by atoms with Crippen molar-refractivity contribution in [2.75, 3.05) is 13.2 Å². The number of rotatable bonds is 7. The average molecular weight is 305 g/mol. The second kappa shape index (κ2) is 7.80. The highest BCUT2D eigenvalue weighted by atomic mass is 79.9. The summed E-state index contributed by atoms with van der Waals surface area (Å²) in [7, 11) is 0. The van der Waals surface area contributed by atoms with Gasteiger partial charge in [0.25, 0.3) is 0 Å². The molecule has 1 rings (SSSR count). The standard InChI is InChI=1S/C13H18BrFO2/c1-2-4-17-5-3-13(16)8-10-6-11(14)9-12(15)7-10/h6-7,9,13,16H,2-5,8H2,1H3. The van der Waals surface area contributed by atoms with Gasteiger partial charge in [-0.05, 0) is 43.0 Å². The number of halogens is 2. The number of aliphatic hydroxyl groups excluding tert-OH is 1. The first-order valence-electron chi connectivity index (χ1n) is 5.82. The zero-order valence-corrected chi connectivity index (χ0v) is 11.5. The van der Waals surface area contributed by atoms with Crippen LogP contribution in [0.3, 0.4) is 0 Å². The van der Waals surface area contributed by atoms with Crippen molar-refractivity contribution in [1.29, 1.82) is 0 Å². The Morgan fingerprint density at radius 3 is 2.76 bits per heavy atom. The van der Waals surface area contributed by atoms with Crippen molar-refractivity contribution in [2.24, 2.45) is 0 Å². The second-order valence-electron chi connectivity index (χ2n) is 4.04. The Morgan fingerprint density at radius 1 is 1.35 bits per heavy atom. The van der Waals surface area contributed by atoms with Gasteiger partial charge in [0.05, 0.1) is 6.10 Å². The number of hydrogen-bond acceptors (Lipinski definition) is 2. The van der Waals surface area contributed by atoms with Crippen molar-refractivity contribution in [2.45, 2.75) is 32.3 Å². The highest BCUT2D eigenvalue weighted by Gasteiger charge is 2.07. The summed E-state index contributed by atoms with van der Waals surface area (Å²) in [4.78, 5) is 0. The lowest BCUT2D eigenvalue weighted by Crippen LogP contribution is -2.14. The normalized spacial score (nSPS) is 12.7. The van der Waals surface area contributed by atoms with E-state index in [9.17, 15) is 9.50 Å². The third-order valence-corrected chi connectivity index (χ3v) is 2.80. The van der Waals surface area contributed by atoms with E-state index in [0.717, 1.165) is 18.6 Å². The molecule has 1 N–H and O–H groups in total. The number of aliphatic hydroxyl groups is 1. The quantitative estimate of drug-likeness (QED) is 0.783. The van der Waals surface area contributed by atoms with Crippen LogP contribution in [0.4, 0.5) is 4.39 Å². The lowest BCUT2D eigenvalue weighted by molar-refractivity contribution is 0.0824. The molecule has 0 spiro atoms. The first-order valence-corrected chi connectivity index (χ1v) is 6.62. The molecule has 0 amide bonds. The minimum absolute atomic E-state index is 0.288. The van der Waals surface area contributed by atoms with Crippen molar-refractivity contribution in [3.63, 3.8) is 0 Å². The molecular weight excluding hydrogens is 287 g/mol. The first-order chi connectivity index (χ1) is 8.11. The summed E-state index contributed by atoms with van der Waals surface area (Å²) in [5.74, 6) is -0.288. The van der Waals surface area contributed by atoms with Crippen LogP contribution >= 0.6 is 15.9 Å². The molecule has 0 fully saturated rings. The largest absolute Gasteiger partial charge is 0.393 e. The second-order valence-corrected chi connectivity index (χ2v) is 4.95. The zero-order chi connectivity index (χ0) is 12.7. The van der Waals surface area contributed by atoms with E-state index in [1.54, 1.807) is 0 Å². The minimum atomic E-state index is -0.486. The predicted molar refractivity (Wildman–Crippen MR) is 69.5 cm³/mol. The molecule has 0 saturated carbocycles. The number of benzene rings is 1. The zero-order valence-electron chi connectivity index (χ0n) is 9.96. The van der Waals surface area contributed by atoms with E-state index in [1.165, 1.54) is 12.1 Å². The van der Waals surface area contributed by atoms with Gasteiger partial charge in [0.15, 0.2) is 0 Å². The van der Waals surface area contributed by atoms with E-state index in [4.69, 9.17) is 4.74 Å². The molecule has 0 bridgehead atoms. The molecule has 0 saturated heterocycles. The van der Waals surface area contributed by atoms with Gasteiger partial charge in [-0.15, -0.1) is 0 Å². The molecule has 0 aromatic heterocycles. The molecule has 17 heavy (non-hydrogen) atoms. The van der Waals surface area contributed by atoms with Gasteiger partial charge in [-0.1, -0.05) is 22.9 Å². The molecule has 96 valence electrons. The van der Waals surface area contributed by atoms with Gasteiger partial charge in [0, 0.05) is 17.7 Å². The van der Waals surface area contributed by atoms with E-state index in [-0.39, 0.29) is 5.82 Å².